The molecule has 1 N–H and O–H groups in total. The van der Waals surface area contributed by atoms with E-state index in [-0.39, 0.29) is 42.7 Å². The van der Waals surface area contributed by atoms with Crippen molar-refractivity contribution in [3.8, 4) is 11.5 Å². The lowest BCUT2D eigenvalue weighted by Crippen LogP contribution is -2.47. The van der Waals surface area contributed by atoms with Crippen LogP contribution in [-0.2, 0) is 17.9 Å². The van der Waals surface area contributed by atoms with E-state index in [1.807, 2.05) is 28.8 Å². The fourth-order valence-electron chi connectivity index (χ4n) is 6.44. The number of rotatable bonds is 5. The van der Waals surface area contributed by atoms with Crippen LogP contribution in [0.5, 0.6) is 11.5 Å². The second kappa shape index (κ2) is 8.53. The summed E-state index contributed by atoms with van der Waals surface area (Å²) in [5.74, 6) is 1.10. The topological polar surface area (TPSA) is 84.2 Å². The number of benzene rings is 1. The molecule has 6 rings (SSSR count). The molecule has 0 unspecified atom stereocenters. The zero-order valence-electron chi connectivity index (χ0n) is 20.1. The van der Waals surface area contributed by atoms with Gasteiger partial charge in [-0.1, -0.05) is 12.1 Å². The number of hydrogen-bond acceptors (Lipinski definition) is 6. The summed E-state index contributed by atoms with van der Waals surface area (Å²) in [5.41, 5.74) is 3.89. The molecule has 1 aliphatic carbocycles. The molecule has 1 saturated heterocycles. The van der Waals surface area contributed by atoms with E-state index in [1.165, 1.54) is 0 Å². The van der Waals surface area contributed by atoms with Crippen LogP contribution in [0.15, 0.2) is 41.2 Å². The van der Waals surface area contributed by atoms with Gasteiger partial charge in [0.2, 0.25) is 12.7 Å². The maximum absolute atomic E-state index is 13.5. The highest BCUT2D eigenvalue weighted by molar-refractivity contribution is 5.82. The van der Waals surface area contributed by atoms with E-state index in [9.17, 15) is 14.7 Å². The largest absolute Gasteiger partial charge is 0.454 e. The smallest absolute Gasteiger partial charge is 0.258 e. The summed E-state index contributed by atoms with van der Waals surface area (Å²) in [6.45, 7) is 1.11. The van der Waals surface area contributed by atoms with Gasteiger partial charge < -0.3 is 24.0 Å². The molecule has 2 aromatic rings. The van der Waals surface area contributed by atoms with Crippen LogP contribution in [0.4, 0.5) is 0 Å². The summed E-state index contributed by atoms with van der Waals surface area (Å²) in [4.78, 5) is 30.7. The molecule has 0 spiro atoms. The number of likely N-dealkylation sites (N-methyl/N-ethyl adjacent to an activating group) is 1. The van der Waals surface area contributed by atoms with Gasteiger partial charge in [-0.05, 0) is 54.7 Å². The van der Waals surface area contributed by atoms with E-state index in [1.54, 1.807) is 19.0 Å². The fourth-order valence-corrected chi connectivity index (χ4v) is 6.44. The monoisotopic (exact) mass is 477 g/mol. The predicted molar refractivity (Wildman–Crippen MR) is 130 cm³/mol. The van der Waals surface area contributed by atoms with Gasteiger partial charge in [0.1, 0.15) is 0 Å². The number of aromatic nitrogens is 1. The van der Waals surface area contributed by atoms with Crippen LogP contribution in [0.2, 0.25) is 0 Å². The average molecular weight is 478 g/mol. The predicted octanol–water partition coefficient (Wildman–Crippen LogP) is 2.40. The number of nitrogens with zero attached hydrogens (tertiary/aromatic N) is 3. The van der Waals surface area contributed by atoms with Gasteiger partial charge in [0, 0.05) is 56.9 Å². The number of hydrogen-bond donors (Lipinski definition) is 1. The van der Waals surface area contributed by atoms with Crippen LogP contribution in [0, 0.1) is 11.8 Å². The summed E-state index contributed by atoms with van der Waals surface area (Å²) >= 11 is 0. The van der Waals surface area contributed by atoms with Crippen LogP contribution in [0.25, 0.3) is 5.57 Å². The van der Waals surface area contributed by atoms with Gasteiger partial charge in [-0.2, -0.15) is 0 Å². The minimum absolute atomic E-state index is 0.0246. The Labute approximate surface area is 204 Å². The molecule has 4 aliphatic rings. The molecule has 1 amide bonds. The Hall–Kier alpha value is -3.10. The summed E-state index contributed by atoms with van der Waals surface area (Å²) < 4.78 is 12.9. The maximum atomic E-state index is 13.5. The van der Waals surface area contributed by atoms with E-state index < -0.39 is 6.04 Å². The van der Waals surface area contributed by atoms with Crippen molar-refractivity contribution in [1.82, 2.24) is 14.4 Å². The van der Waals surface area contributed by atoms with Crippen molar-refractivity contribution in [1.29, 1.82) is 0 Å². The molecule has 184 valence electrons. The number of carbonyl (C=O) groups is 1. The molecule has 0 saturated carbocycles. The molecule has 8 nitrogen and oxygen atoms in total. The molecule has 8 heteroatoms. The molecular weight excluding hydrogens is 446 g/mol. The average Bonchev–Trinajstić information content (AvgIpc) is 3.63. The molecule has 1 aromatic heterocycles. The van der Waals surface area contributed by atoms with Gasteiger partial charge in [-0.3, -0.25) is 14.5 Å². The van der Waals surface area contributed by atoms with Crippen molar-refractivity contribution < 1.29 is 19.4 Å². The number of likely N-dealkylation sites (tertiary alicyclic amines) is 1. The third-order valence-corrected chi connectivity index (χ3v) is 8.07. The first-order chi connectivity index (χ1) is 17.0. The Morgan fingerprint density at radius 1 is 1.17 bits per heavy atom. The number of aliphatic hydroxyl groups excluding tert-OH is 1. The molecular formula is C27H31N3O5. The minimum Gasteiger partial charge on any atom is -0.454 e. The normalized spacial score (nSPS) is 26.5. The SMILES string of the molecule is CN(C)C(=O)[C@@H]1[C@@H](CO)[C@@H]2Cn3c(ccc(C4=CCCC4)c3=O)[C@@H]2N1Cc1ccc2c(c1)OCO2. The standard InChI is InChI=1S/C27H31N3O5/c1-28(2)27(33)25-20(14-31)19-13-29-21(9-8-18(26(29)32)17-5-3-4-6-17)24(19)30(25)12-16-7-10-22-23(11-16)35-15-34-22/h5,7-11,19-20,24-25,31H,3-4,6,12-15H2,1-2H3/t19-,20-,24+,25-/m0/s1. The van der Waals surface area contributed by atoms with Crippen LogP contribution in [0.3, 0.4) is 0 Å². The Morgan fingerprint density at radius 3 is 2.74 bits per heavy atom. The molecule has 4 atom stereocenters. The van der Waals surface area contributed by atoms with Crippen LogP contribution in [0.1, 0.15) is 42.1 Å². The van der Waals surface area contributed by atoms with Crippen LogP contribution in [-0.4, -0.2) is 58.9 Å². The van der Waals surface area contributed by atoms with E-state index in [4.69, 9.17) is 9.47 Å². The third-order valence-electron chi connectivity index (χ3n) is 8.07. The van der Waals surface area contributed by atoms with Gasteiger partial charge in [0.05, 0.1) is 12.1 Å². The van der Waals surface area contributed by atoms with Crippen LogP contribution < -0.4 is 15.0 Å². The summed E-state index contributed by atoms with van der Waals surface area (Å²) in [7, 11) is 3.51. The summed E-state index contributed by atoms with van der Waals surface area (Å²) in [6.07, 6.45) is 5.22. The van der Waals surface area contributed by atoms with Crippen molar-refractivity contribution in [2.24, 2.45) is 11.8 Å². The number of ether oxygens (including phenoxy) is 2. The molecule has 3 aliphatic heterocycles. The fraction of sp³-hybridized carbons (Fsp3) is 0.481. The Kier molecular flexibility index (Phi) is 5.45. The highest BCUT2D eigenvalue weighted by atomic mass is 16.7. The molecule has 1 aromatic carbocycles. The lowest BCUT2D eigenvalue weighted by atomic mass is 9.88. The highest BCUT2D eigenvalue weighted by Crippen LogP contribution is 2.50. The molecule has 1 fully saturated rings. The van der Waals surface area contributed by atoms with Crippen molar-refractivity contribution in [3.63, 3.8) is 0 Å². The lowest BCUT2D eigenvalue weighted by Gasteiger charge is -2.32. The number of carbonyl (C=O) groups excluding carboxylic acids is 1. The third kappa shape index (κ3) is 3.50. The second-order valence-electron chi connectivity index (χ2n) is 10.2. The maximum Gasteiger partial charge on any atom is 0.258 e. The highest BCUT2D eigenvalue weighted by Gasteiger charge is 2.55. The van der Waals surface area contributed by atoms with E-state index in [0.29, 0.717) is 24.6 Å². The number of amides is 1. The van der Waals surface area contributed by atoms with Gasteiger partial charge in [-0.25, -0.2) is 0 Å². The van der Waals surface area contributed by atoms with Crippen LogP contribution >= 0.6 is 0 Å². The minimum atomic E-state index is -0.475. The van der Waals surface area contributed by atoms with Crippen molar-refractivity contribution in [3.05, 3.63) is 63.6 Å². The van der Waals surface area contributed by atoms with E-state index >= 15 is 0 Å². The molecule has 0 bridgehead atoms. The van der Waals surface area contributed by atoms with E-state index in [0.717, 1.165) is 41.7 Å². The zero-order valence-corrected chi connectivity index (χ0v) is 20.1. The quantitative estimate of drug-likeness (QED) is 0.712. The first-order valence-corrected chi connectivity index (χ1v) is 12.4. The van der Waals surface area contributed by atoms with E-state index in [2.05, 4.69) is 17.0 Å². The first-order valence-electron chi connectivity index (χ1n) is 12.4. The van der Waals surface area contributed by atoms with Crippen molar-refractivity contribution in [2.45, 2.75) is 44.4 Å². The number of pyridine rings is 1. The van der Waals surface area contributed by atoms with Crippen molar-refractivity contribution in [2.75, 3.05) is 27.5 Å². The molecule has 35 heavy (non-hydrogen) atoms. The van der Waals surface area contributed by atoms with Gasteiger partial charge in [0.15, 0.2) is 11.5 Å². The van der Waals surface area contributed by atoms with Gasteiger partial charge >= 0.3 is 0 Å². The summed E-state index contributed by atoms with van der Waals surface area (Å²) in [5, 5.41) is 10.5. The Balaban J connectivity index is 1.42. The number of allylic oxidation sites excluding steroid dienone is 2. The molecule has 0 radical (unpaired) electrons. The molecule has 4 heterocycles. The lowest BCUT2D eigenvalue weighted by molar-refractivity contribution is -0.136. The summed E-state index contributed by atoms with van der Waals surface area (Å²) in [6, 6.07) is 9.25. The number of aliphatic hydroxyl groups is 1. The number of fused-ring (bicyclic) bond motifs is 4. The zero-order chi connectivity index (χ0) is 24.3. The first kappa shape index (κ1) is 22.4. The van der Waals surface area contributed by atoms with Gasteiger partial charge in [-0.15, -0.1) is 0 Å². The second-order valence-corrected chi connectivity index (χ2v) is 10.2. The van der Waals surface area contributed by atoms with Gasteiger partial charge in [0.25, 0.3) is 5.56 Å². The Morgan fingerprint density at radius 2 is 2.00 bits per heavy atom. The Bertz CT molecular complexity index is 1270. The van der Waals surface area contributed by atoms with Crippen molar-refractivity contribution >= 4 is 11.5 Å².